The molecule has 0 unspecified atom stereocenters. The number of benzene rings is 1. The van der Waals surface area contributed by atoms with E-state index < -0.39 is 0 Å². The first-order valence-corrected chi connectivity index (χ1v) is 6.36. The highest BCUT2D eigenvalue weighted by Crippen LogP contribution is 2.25. The third-order valence-corrected chi connectivity index (χ3v) is 2.58. The number of fused-ring (bicyclic) bond motifs is 1. The van der Waals surface area contributed by atoms with E-state index in [9.17, 15) is 0 Å². The summed E-state index contributed by atoms with van der Waals surface area (Å²) in [5.41, 5.74) is 6.14. The minimum absolute atomic E-state index is 1.30. The molecule has 0 saturated carbocycles. The quantitative estimate of drug-likeness (QED) is 0.569. The highest BCUT2D eigenvalue weighted by molar-refractivity contribution is 5.40. The molecule has 1 aliphatic carbocycles. The highest BCUT2D eigenvalue weighted by atomic mass is 14.2. The van der Waals surface area contributed by atoms with E-state index in [-0.39, 0.29) is 0 Å². The van der Waals surface area contributed by atoms with E-state index in [4.69, 9.17) is 0 Å². The molecule has 0 spiro atoms. The lowest BCUT2D eigenvalue weighted by Crippen LogP contribution is -1.88. The average molecular weight is 206 g/mol. The summed E-state index contributed by atoms with van der Waals surface area (Å²) >= 11 is 0. The van der Waals surface area contributed by atoms with E-state index in [1.807, 2.05) is 27.7 Å². The minimum atomic E-state index is 1.30. The standard InChI is InChI=1S/C11H14.2C2H6/c1-8-6-9(2)11-5-3-4-10(11)7-8;2*1-2/h6-7H,3-5H2,1-2H3;2*1-2H3. The van der Waals surface area contributed by atoms with Crippen molar-refractivity contribution in [3.05, 3.63) is 34.4 Å². The van der Waals surface area contributed by atoms with Crippen LogP contribution in [0.2, 0.25) is 0 Å². The first-order chi connectivity index (χ1) is 7.27. The lowest BCUT2D eigenvalue weighted by Gasteiger charge is -2.04. The van der Waals surface area contributed by atoms with E-state index in [1.165, 1.54) is 30.4 Å². The molecular weight excluding hydrogens is 180 g/mol. The van der Waals surface area contributed by atoms with Crippen molar-refractivity contribution < 1.29 is 0 Å². The van der Waals surface area contributed by atoms with Gasteiger partial charge < -0.3 is 0 Å². The Morgan fingerprint density at radius 2 is 1.47 bits per heavy atom. The maximum atomic E-state index is 2.34. The van der Waals surface area contributed by atoms with Gasteiger partial charge in [-0.3, -0.25) is 0 Å². The molecule has 0 aromatic heterocycles. The Balaban J connectivity index is 0.000000442. The molecule has 1 aromatic rings. The molecule has 2 rings (SSSR count). The van der Waals surface area contributed by atoms with Crippen molar-refractivity contribution in [1.29, 1.82) is 0 Å². The van der Waals surface area contributed by atoms with Crippen molar-refractivity contribution in [2.45, 2.75) is 60.8 Å². The second kappa shape index (κ2) is 7.50. The number of rotatable bonds is 0. The van der Waals surface area contributed by atoms with Crippen LogP contribution in [0.1, 0.15) is 56.4 Å². The molecule has 0 heteroatoms. The van der Waals surface area contributed by atoms with E-state index in [1.54, 1.807) is 11.1 Å². The summed E-state index contributed by atoms with van der Waals surface area (Å²) in [6, 6.07) is 4.64. The van der Waals surface area contributed by atoms with Crippen LogP contribution in [0.25, 0.3) is 0 Å². The van der Waals surface area contributed by atoms with Crippen LogP contribution in [0.5, 0.6) is 0 Å². The zero-order chi connectivity index (χ0) is 11.8. The molecule has 0 saturated heterocycles. The Labute approximate surface area is 95.7 Å². The maximum Gasteiger partial charge on any atom is -0.0270 e. The summed E-state index contributed by atoms with van der Waals surface area (Å²) in [6.07, 6.45) is 3.97. The van der Waals surface area contributed by atoms with Crippen molar-refractivity contribution in [2.75, 3.05) is 0 Å². The van der Waals surface area contributed by atoms with Gasteiger partial charge in [-0.05, 0) is 49.8 Å². The fourth-order valence-corrected chi connectivity index (χ4v) is 2.12. The van der Waals surface area contributed by atoms with Crippen LogP contribution < -0.4 is 0 Å². The predicted molar refractivity (Wildman–Crippen MR) is 70.6 cm³/mol. The highest BCUT2D eigenvalue weighted by Gasteiger charge is 2.12. The first-order valence-electron chi connectivity index (χ1n) is 6.36. The molecule has 0 radical (unpaired) electrons. The zero-order valence-corrected chi connectivity index (χ0v) is 11.3. The summed E-state index contributed by atoms with van der Waals surface area (Å²) in [7, 11) is 0. The summed E-state index contributed by atoms with van der Waals surface area (Å²) in [6.45, 7) is 12.4. The molecule has 0 bridgehead atoms. The van der Waals surface area contributed by atoms with Gasteiger partial charge >= 0.3 is 0 Å². The van der Waals surface area contributed by atoms with Gasteiger partial charge in [0.05, 0.1) is 0 Å². The molecule has 0 nitrogen and oxygen atoms in total. The number of aryl methyl sites for hydroxylation is 3. The van der Waals surface area contributed by atoms with Crippen molar-refractivity contribution in [3.63, 3.8) is 0 Å². The van der Waals surface area contributed by atoms with Gasteiger partial charge in [-0.2, -0.15) is 0 Å². The Morgan fingerprint density at radius 3 is 2.07 bits per heavy atom. The molecule has 0 N–H and O–H groups in total. The predicted octanol–water partition coefficient (Wildman–Crippen LogP) is 4.84. The topological polar surface area (TPSA) is 0 Å². The second-order valence-electron chi connectivity index (χ2n) is 3.57. The van der Waals surface area contributed by atoms with Crippen LogP contribution in [0, 0.1) is 13.8 Å². The lowest BCUT2D eigenvalue weighted by molar-refractivity contribution is 0.909. The van der Waals surface area contributed by atoms with Crippen molar-refractivity contribution in [1.82, 2.24) is 0 Å². The molecular formula is C15H26. The van der Waals surface area contributed by atoms with Crippen molar-refractivity contribution >= 4 is 0 Å². The van der Waals surface area contributed by atoms with Crippen molar-refractivity contribution in [2.24, 2.45) is 0 Å². The van der Waals surface area contributed by atoms with Crippen LogP contribution in [0.15, 0.2) is 12.1 Å². The van der Waals surface area contributed by atoms with Gasteiger partial charge in [0.2, 0.25) is 0 Å². The summed E-state index contributed by atoms with van der Waals surface area (Å²) in [4.78, 5) is 0. The summed E-state index contributed by atoms with van der Waals surface area (Å²) < 4.78 is 0. The van der Waals surface area contributed by atoms with E-state index >= 15 is 0 Å². The molecule has 86 valence electrons. The maximum absolute atomic E-state index is 2.34. The largest absolute Gasteiger partial charge is 0.0683 e. The van der Waals surface area contributed by atoms with Gasteiger partial charge in [0.15, 0.2) is 0 Å². The van der Waals surface area contributed by atoms with E-state index in [0.717, 1.165) is 0 Å². The fraction of sp³-hybridized carbons (Fsp3) is 0.600. The molecule has 15 heavy (non-hydrogen) atoms. The Bertz CT molecular complexity index is 284. The number of hydrogen-bond acceptors (Lipinski definition) is 0. The van der Waals surface area contributed by atoms with Gasteiger partial charge in [-0.1, -0.05) is 45.4 Å². The minimum Gasteiger partial charge on any atom is -0.0683 e. The van der Waals surface area contributed by atoms with Crippen LogP contribution in [-0.2, 0) is 12.8 Å². The first kappa shape index (κ1) is 14.2. The van der Waals surface area contributed by atoms with E-state index in [0.29, 0.717) is 0 Å². The van der Waals surface area contributed by atoms with E-state index in [2.05, 4.69) is 26.0 Å². The molecule has 0 amide bonds. The van der Waals surface area contributed by atoms with Crippen LogP contribution in [0.4, 0.5) is 0 Å². The number of hydrogen-bond donors (Lipinski definition) is 0. The van der Waals surface area contributed by atoms with Gasteiger partial charge in [0.25, 0.3) is 0 Å². The monoisotopic (exact) mass is 206 g/mol. The Hall–Kier alpha value is -0.780. The Kier molecular flexibility index (Phi) is 7.11. The third kappa shape index (κ3) is 3.70. The zero-order valence-electron chi connectivity index (χ0n) is 11.3. The summed E-state index contributed by atoms with van der Waals surface area (Å²) in [5, 5.41) is 0. The SMILES string of the molecule is CC.CC.Cc1cc(C)c2c(c1)CCC2. The fourth-order valence-electron chi connectivity index (χ4n) is 2.12. The van der Waals surface area contributed by atoms with Gasteiger partial charge in [0, 0.05) is 0 Å². The van der Waals surface area contributed by atoms with Gasteiger partial charge in [-0.15, -0.1) is 0 Å². The normalized spacial score (nSPS) is 11.9. The van der Waals surface area contributed by atoms with Crippen LogP contribution >= 0.6 is 0 Å². The van der Waals surface area contributed by atoms with Gasteiger partial charge in [-0.25, -0.2) is 0 Å². The molecule has 1 aromatic carbocycles. The second-order valence-corrected chi connectivity index (χ2v) is 3.57. The van der Waals surface area contributed by atoms with Crippen LogP contribution in [-0.4, -0.2) is 0 Å². The van der Waals surface area contributed by atoms with Crippen LogP contribution in [0.3, 0.4) is 0 Å². The molecule has 0 heterocycles. The smallest absolute Gasteiger partial charge is 0.0270 e. The lowest BCUT2D eigenvalue weighted by atomic mass is 10.0. The summed E-state index contributed by atoms with van der Waals surface area (Å²) in [5.74, 6) is 0. The third-order valence-electron chi connectivity index (χ3n) is 2.58. The molecule has 0 aliphatic heterocycles. The average Bonchev–Trinajstić information content (AvgIpc) is 2.72. The molecule has 0 atom stereocenters. The van der Waals surface area contributed by atoms with Crippen molar-refractivity contribution in [3.8, 4) is 0 Å². The Morgan fingerprint density at radius 1 is 0.867 bits per heavy atom. The molecule has 1 aliphatic rings. The van der Waals surface area contributed by atoms with Gasteiger partial charge in [0.1, 0.15) is 0 Å². The molecule has 0 fully saturated rings.